The highest BCUT2D eigenvalue weighted by atomic mass is 16.6. The molecule has 0 spiro atoms. The second kappa shape index (κ2) is 12.7. The fourth-order valence-electron chi connectivity index (χ4n) is 5.94. The summed E-state index contributed by atoms with van der Waals surface area (Å²) >= 11 is 0. The van der Waals surface area contributed by atoms with Crippen molar-refractivity contribution in [3.63, 3.8) is 0 Å². The summed E-state index contributed by atoms with van der Waals surface area (Å²) in [6.45, 7) is 6.32. The highest BCUT2D eigenvalue weighted by molar-refractivity contribution is 5.79. The largest absolute Gasteiger partial charge is 0.481 e. The molecule has 2 N–H and O–H groups in total. The van der Waals surface area contributed by atoms with E-state index in [1.54, 1.807) is 4.90 Å². The van der Waals surface area contributed by atoms with Gasteiger partial charge in [0, 0.05) is 31.0 Å². The summed E-state index contributed by atoms with van der Waals surface area (Å²) in [5.74, 6) is -0.960. The van der Waals surface area contributed by atoms with Crippen molar-refractivity contribution in [2.24, 2.45) is 0 Å². The van der Waals surface area contributed by atoms with Gasteiger partial charge in [0.05, 0.1) is 0 Å². The van der Waals surface area contributed by atoms with Gasteiger partial charge in [0.15, 0.2) is 0 Å². The lowest BCUT2D eigenvalue weighted by molar-refractivity contribution is -0.137. The van der Waals surface area contributed by atoms with E-state index < -0.39 is 29.3 Å². The van der Waals surface area contributed by atoms with Gasteiger partial charge in [-0.05, 0) is 68.7 Å². The smallest absolute Gasteiger partial charge is 0.409 e. The maximum Gasteiger partial charge on any atom is 0.409 e. The van der Waals surface area contributed by atoms with Crippen LogP contribution in [-0.2, 0) is 14.3 Å². The van der Waals surface area contributed by atoms with E-state index >= 15 is 0 Å². The summed E-state index contributed by atoms with van der Waals surface area (Å²) in [7, 11) is 0. The molecule has 2 aromatic rings. The summed E-state index contributed by atoms with van der Waals surface area (Å²) < 4.78 is 11.5. The third kappa shape index (κ3) is 7.55. The third-order valence-electron chi connectivity index (χ3n) is 7.85. The highest BCUT2D eigenvalue weighted by Gasteiger charge is 2.36. The molecule has 2 aromatic carbocycles. The van der Waals surface area contributed by atoms with Crippen LogP contribution in [0, 0.1) is 0 Å². The molecular weight excluding hydrogens is 508 g/mol. The van der Waals surface area contributed by atoms with Crippen molar-refractivity contribution >= 4 is 18.2 Å². The van der Waals surface area contributed by atoms with Gasteiger partial charge in [0.25, 0.3) is 0 Å². The zero-order valence-corrected chi connectivity index (χ0v) is 23.9. The number of hydrogen-bond donors (Lipinski definition) is 2. The number of alkyl carbamates (subject to hydrolysis) is 1. The van der Waals surface area contributed by atoms with E-state index in [1.807, 2.05) is 45.0 Å². The number of carbonyl (C=O) groups is 3. The third-order valence-corrected chi connectivity index (χ3v) is 7.85. The molecule has 0 heterocycles. The number of nitrogens with zero attached hydrogens (tertiary/aromatic N) is 1. The normalized spacial score (nSPS) is 16.0. The van der Waals surface area contributed by atoms with E-state index in [9.17, 15) is 14.4 Å². The number of nitrogens with one attached hydrogen (secondary N) is 1. The first-order chi connectivity index (χ1) is 19.1. The summed E-state index contributed by atoms with van der Waals surface area (Å²) in [5, 5.41) is 12.3. The van der Waals surface area contributed by atoms with Gasteiger partial charge in [-0.2, -0.15) is 0 Å². The Labute approximate surface area is 237 Å². The van der Waals surface area contributed by atoms with Gasteiger partial charge in [0.2, 0.25) is 0 Å². The number of carboxylic acid groups (broad SMARTS) is 1. The number of rotatable bonds is 10. The van der Waals surface area contributed by atoms with Crippen molar-refractivity contribution < 1.29 is 29.0 Å². The minimum atomic E-state index is -0.900. The van der Waals surface area contributed by atoms with Crippen LogP contribution < -0.4 is 5.32 Å². The molecule has 0 aromatic heterocycles. The van der Waals surface area contributed by atoms with Crippen LogP contribution in [0.3, 0.4) is 0 Å². The Morgan fingerprint density at radius 3 is 2.12 bits per heavy atom. The average Bonchev–Trinajstić information content (AvgIpc) is 3.22. The van der Waals surface area contributed by atoms with Gasteiger partial charge in [-0.3, -0.25) is 4.79 Å². The Balaban J connectivity index is 1.45. The van der Waals surface area contributed by atoms with Gasteiger partial charge in [-0.25, -0.2) is 9.59 Å². The first-order valence-electron chi connectivity index (χ1n) is 14.4. The minimum absolute atomic E-state index is 0.0333. The summed E-state index contributed by atoms with van der Waals surface area (Å²) in [4.78, 5) is 38.9. The van der Waals surface area contributed by atoms with E-state index in [0.29, 0.717) is 19.4 Å². The zero-order chi connectivity index (χ0) is 28.8. The second-order valence-electron chi connectivity index (χ2n) is 12.0. The monoisotopic (exact) mass is 550 g/mol. The molecule has 0 aliphatic heterocycles. The van der Waals surface area contributed by atoms with Gasteiger partial charge in [-0.15, -0.1) is 0 Å². The number of aliphatic carboxylic acids is 1. The van der Waals surface area contributed by atoms with Crippen LogP contribution in [-0.4, -0.2) is 59.0 Å². The molecule has 2 aliphatic rings. The number of hydrogen-bond acceptors (Lipinski definition) is 5. The lowest BCUT2D eigenvalue weighted by Gasteiger charge is -2.39. The molecule has 216 valence electrons. The Hall–Kier alpha value is -3.55. The van der Waals surface area contributed by atoms with Crippen LogP contribution in [0.1, 0.15) is 89.2 Å². The highest BCUT2D eigenvalue weighted by Crippen LogP contribution is 2.44. The Bertz CT molecular complexity index is 1150. The number of fused-ring (bicyclic) bond motifs is 3. The second-order valence-corrected chi connectivity index (χ2v) is 12.0. The SMILES string of the molecule is CC(C)(C)OC(=O)NC1(CCN(CCCC(=O)O)C(=O)OCC2c3ccccc3-c3ccccc32)CCCCC1. The molecule has 0 radical (unpaired) electrons. The van der Waals surface area contributed by atoms with Crippen LogP contribution in [0.25, 0.3) is 11.1 Å². The van der Waals surface area contributed by atoms with E-state index in [4.69, 9.17) is 14.6 Å². The fraction of sp³-hybridized carbons (Fsp3) is 0.531. The van der Waals surface area contributed by atoms with Crippen LogP contribution in [0.15, 0.2) is 48.5 Å². The molecule has 1 fully saturated rings. The summed E-state index contributed by atoms with van der Waals surface area (Å²) in [5.41, 5.74) is 3.50. The Morgan fingerprint density at radius 1 is 0.950 bits per heavy atom. The molecule has 4 rings (SSSR count). The number of amides is 2. The standard InChI is InChI=1S/C32H42N2O6/c1-31(2,3)40-29(37)33-32(17-9-4-10-18-32)19-21-34(20-11-16-28(35)36)30(38)39-22-27-25-14-7-5-12-23(25)24-13-6-8-15-26(24)27/h5-8,12-15,27H,4,9-11,16-22H2,1-3H3,(H,33,37)(H,35,36). The number of carbonyl (C=O) groups excluding carboxylic acids is 2. The van der Waals surface area contributed by atoms with E-state index in [1.165, 1.54) is 0 Å². The predicted octanol–water partition coefficient (Wildman–Crippen LogP) is 6.72. The molecule has 2 amide bonds. The number of ether oxygens (including phenoxy) is 2. The molecular formula is C32H42N2O6. The molecule has 40 heavy (non-hydrogen) atoms. The predicted molar refractivity (Wildman–Crippen MR) is 153 cm³/mol. The first kappa shape index (κ1) is 29.4. The maximum atomic E-state index is 13.4. The molecule has 8 nitrogen and oxygen atoms in total. The topological polar surface area (TPSA) is 105 Å². The average molecular weight is 551 g/mol. The van der Waals surface area contributed by atoms with Crippen molar-refractivity contribution in [3.05, 3.63) is 59.7 Å². The molecule has 0 atom stereocenters. The molecule has 8 heteroatoms. The van der Waals surface area contributed by atoms with Gasteiger partial charge < -0.3 is 24.8 Å². The van der Waals surface area contributed by atoms with Crippen LogP contribution in [0.2, 0.25) is 0 Å². The van der Waals surface area contributed by atoms with Crippen molar-refractivity contribution in [2.45, 2.75) is 89.2 Å². The van der Waals surface area contributed by atoms with Gasteiger partial charge in [-0.1, -0.05) is 67.8 Å². The van der Waals surface area contributed by atoms with Crippen molar-refractivity contribution in [1.29, 1.82) is 0 Å². The van der Waals surface area contributed by atoms with Crippen LogP contribution in [0.5, 0.6) is 0 Å². The Morgan fingerprint density at radius 2 is 1.55 bits per heavy atom. The maximum absolute atomic E-state index is 13.4. The van der Waals surface area contributed by atoms with E-state index in [0.717, 1.165) is 54.4 Å². The summed E-state index contributed by atoms with van der Waals surface area (Å²) in [6, 6.07) is 16.4. The lowest BCUT2D eigenvalue weighted by atomic mass is 9.79. The minimum Gasteiger partial charge on any atom is -0.481 e. The van der Waals surface area contributed by atoms with E-state index in [2.05, 4.69) is 29.6 Å². The van der Waals surface area contributed by atoms with Gasteiger partial charge in [0.1, 0.15) is 12.2 Å². The molecule has 0 bridgehead atoms. The lowest BCUT2D eigenvalue weighted by Crippen LogP contribution is -2.53. The first-order valence-corrected chi connectivity index (χ1v) is 14.4. The van der Waals surface area contributed by atoms with Crippen LogP contribution >= 0.6 is 0 Å². The van der Waals surface area contributed by atoms with Crippen molar-refractivity contribution in [2.75, 3.05) is 19.7 Å². The summed E-state index contributed by atoms with van der Waals surface area (Å²) in [6.07, 6.45) is 4.61. The molecule has 0 saturated heterocycles. The van der Waals surface area contributed by atoms with Gasteiger partial charge >= 0.3 is 18.2 Å². The fourth-order valence-corrected chi connectivity index (χ4v) is 5.94. The molecule has 0 unspecified atom stereocenters. The Kier molecular flexibility index (Phi) is 9.38. The quantitative estimate of drug-likeness (QED) is 0.340. The molecule has 2 aliphatic carbocycles. The van der Waals surface area contributed by atoms with E-state index in [-0.39, 0.29) is 25.5 Å². The molecule has 1 saturated carbocycles. The van der Waals surface area contributed by atoms with Crippen molar-refractivity contribution in [1.82, 2.24) is 10.2 Å². The number of benzene rings is 2. The van der Waals surface area contributed by atoms with Crippen LogP contribution in [0.4, 0.5) is 9.59 Å². The van der Waals surface area contributed by atoms with Crippen molar-refractivity contribution in [3.8, 4) is 11.1 Å². The zero-order valence-electron chi connectivity index (χ0n) is 23.9. The number of carboxylic acids is 1.